The maximum atomic E-state index is 13.7. The third-order valence-electron chi connectivity index (χ3n) is 6.33. The molecule has 2 aliphatic heterocycles. The summed E-state index contributed by atoms with van der Waals surface area (Å²) in [6.07, 6.45) is 3.34. The molecule has 35 heavy (non-hydrogen) atoms. The molecule has 0 spiro atoms. The Morgan fingerprint density at radius 1 is 1.11 bits per heavy atom. The van der Waals surface area contributed by atoms with Crippen molar-refractivity contribution in [2.75, 3.05) is 32.2 Å². The summed E-state index contributed by atoms with van der Waals surface area (Å²) in [7, 11) is 2.99. The van der Waals surface area contributed by atoms with Crippen molar-refractivity contribution in [2.45, 2.75) is 19.0 Å². The monoisotopic (exact) mass is 475 g/mol. The van der Waals surface area contributed by atoms with E-state index in [0.717, 1.165) is 5.69 Å². The molecule has 2 aliphatic rings. The van der Waals surface area contributed by atoms with Crippen molar-refractivity contribution in [2.24, 2.45) is 0 Å². The first-order chi connectivity index (χ1) is 17.0. The number of methoxy groups -OCH3 is 2. The Bertz CT molecular complexity index is 1290. The lowest BCUT2D eigenvalue weighted by Gasteiger charge is -2.40. The minimum Gasteiger partial charge on any atom is -0.493 e. The van der Waals surface area contributed by atoms with Crippen LogP contribution in [0.2, 0.25) is 0 Å². The van der Waals surface area contributed by atoms with Crippen LogP contribution in [0.25, 0.3) is 0 Å². The van der Waals surface area contributed by atoms with Gasteiger partial charge < -0.3 is 24.7 Å². The number of benzene rings is 2. The van der Waals surface area contributed by atoms with Crippen molar-refractivity contribution >= 4 is 23.4 Å². The van der Waals surface area contributed by atoms with Gasteiger partial charge in [0.05, 0.1) is 37.4 Å². The van der Waals surface area contributed by atoms with Crippen LogP contribution in [0, 0.1) is 0 Å². The molecule has 0 unspecified atom stereocenters. The fourth-order valence-corrected chi connectivity index (χ4v) is 4.72. The predicted octanol–water partition coefficient (Wildman–Crippen LogP) is 2.29. The molecule has 3 heterocycles. The third kappa shape index (κ3) is 3.76. The molecule has 0 aliphatic carbocycles. The summed E-state index contributed by atoms with van der Waals surface area (Å²) in [4.78, 5) is 49.9. The van der Waals surface area contributed by atoms with Crippen LogP contribution in [-0.2, 0) is 11.2 Å². The maximum absolute atomic E-state index is 13.7. The molecule has 180 valence electrons. The Kier molecular flexibility index (Phi) is 5.86. The lowest BCUT2D eigenvalue weighted by atomic mass is 10.0. The molecule has 0 radical (unpaired) electrons. The number of aromatic amines is 1. The largest absolute Gasteiger partial charge is 0.493 e. The summed E-state index contributed by atoms with van der Waals surface area (Å²) < 4.78 is 10.9. The average Bonchev–Trinajstić information content (AvgIpc) is 3.50. The van der Waals surface area contributed by atoms with E-state index < -0.39 is 6.17 Å². The van der Waals surface area contributed by atoms with E-state index in [1.807, 2.05) is 0 Å². The van der Waals surface area contributed by atoms with E-state index in [9.17, 15) is 14.4 Å². The van der Waals surface area contributed by atoms with E-state index in [1.165, 1.54) is 14.2 Å². The Hall–Kier alpha value is -4.34. The normalized spacial score (nSPS) is 16.0. The van der Waals surface area contributed by atoms with Crippen LogP contribution in [0.4, 0.5) is 5.69 Å². The van der Waals surface area contributed by atoms with Gasteiger partial charge in [0.2, 0.25) is 5.91 Å². The van der Waals surface area contributed by atoms with E-state index >= 15 is 0 Å². The zero-order chi connectivity index (χ0) is 24.5. The van der Waals surface area contributed by atoms with Gasteiger partial charge in [-0.05, 0) is 18.2 Å². The predicted molar refractivity (Wildman–Crippen MR) is 126 cm³/mol. The zero-order valence-corrected chi connectivity index (χ0v) is 19.4. The molecule has 1 atom stereocenters. The highest BCUT2D eigenvalue weighted by Crippen LogP contribution is 2.49. The number of nitrogens with one attached hydrogen (secondary N) is 2. The topological polar surface area (TPSA) is 117 Å². The van der Waals surface area contributed by atoms with Crippen LogP contribution < -0.4 is 19.7 Å². The van der Waals surface area contributed by atoms with Gasteiger partial charge in [0.25, 0.3) is 11.8 Å². The number of H-pyrrole nitrogens is 1. The van der Waals surface area contributed by atoms with Crippen LogP contribution in [-0.4, -0.2) is 59.9 Å². The van der Waals surface area contributed by atoms with Gasteiger partial charge in [0.15, 0.2) is 11.5 Å². The molecule has 0 fully saturated rings. The molecule has 0 saturated heterocycles. The molecular weight excluding hydrogens is 450 g/mol. The summed E-state index contributed by atoms with van der Waals surface area (Å²) in [5.74, 6) is 0.0601. The molecule has 10 heteroatoms. The van der Waals surface area contributed by atoms with Crippen molar-refractivity contribution in [1.29, 1.82) is 0 Å². The second kappa shape index (κ2) is 9.13. The molecule has 1 aromatic heterocycles. The number of para-hydroxylation sites is 1. The zero-order valence-electron chi connectivity index (χ0n) is 19.4. The lowest BCUT2D eigenvalue weighted by Crippen LogP contribution is -2.49. The highest BCUT2D eigenvalue weighted by Gasteiger charge is 2.49. The number of nitrogens with zero attached hydrogens (tertiary/aromatic N) is 3. The van der Waals surface area contributed by atoms with Gasteiger partial charge >= 0.3 is 0 Å². The number of rotatable bonds is 8. The number of carbonyl (C=O) groups excluding carboxylic acids is 3. The van der Waals surface area contributed by atoms with Crippen molar-refractivity contribution < 1.29 is 23.9 Å². The highest BCUT2D eigenvalue weighted by atomic mass is 16.5. The summed E-state index contributed by atoms with van der Waals surface area (Å²) >= 11 is 0. The Labute approximate surface area is 201 Å². The van der Waals surface area contributed by atoms with E-state index in [4.69, 9.17) is 9.47 Å². The number of amides is 3. The fraction of sp³-hybridized carbons (Fsp3) is 0.280. The standard InChI is InChI=1S/C25H25N5O5/c1-34-19-8-7-17-21(22(19)35-2)25(33)30-18-6-4-3-5-16(18)24(32)29(23(17)30)12-10-20(31)27-11-9-15-13-26-14-28-15/h3-8,13-14,23H,9-12H2,1-2H3,(H,26,28)(H,27,31)/t23-/m0/s1. The summed E-state index contributed by atoms with van der Waals surface area (Å²) in [5, 5.41) is 2.87. The van der Waals surface area contributed by atoms with Gasteiger partial charge in [0, 0.05) is 43.4 Å². The van der Waals surface area contributed by atoms with E-state index in [0.29, 0.717) is 46.8 Å². The number of hydrogen-bond acceptors (Lipinski definition) is 6. The molecule has 0 bridgehead atoms. The van der Waals surface area contributed by atoms with Crippen LogP contribution >= 0.6 is 0 Å². The summed E-state index contributed by atoms with van der Waals surface area (Å²) in [6, 6.07) is 10.5. The van der Waals surface area contributed by atoms with Crippen LogP contribution in [0.5, 0.6) is 11.5 Å². The smallest absolute Gasteiger partial charge is 0.264 e. The minimum absolute atomic E-state index is 0.0953. The molecule has 3 aromatic rings. The lowest BCUT2D eigenvalue weighted by molar-refractivity contribution is -0.121. The number of anilines is 1. The number of carbonyl (C=O) groups is 3. The average molecular weight is 476 g/mol. The molecule has 2 N–H and O–H groups in total. The fourth-order valence-electron chi connectivity index (χ4n) is 4.72. The third-order valence-corrected chi connectivity index (χ3v) is 6.33. The summed E-state index contributed by atoms with van der Waals surface area (Å²) in [5.41, 5.74) is 2.86. The van der Waals surface area contributed by atoms with E-state index in [-0.39, 0.29) is 30.7 Å². The first-order valence-electron chi connectivity index (χ1n) is 11.3. The Morgan fingerprint density at radius 3 is 2.69 bits per heavy atom. The second-order valence-electron chi connectivity index (χ2n) is 8.26. The van der Waals surface area contributed by atoms with Crippen molar-refractivity contribution in [3.8, 4) is 11.5 Å². The van der Waals surface area contributed by atoms with Crippen LogP contribution in [0.1, 0.15) is 44.6 Å². The van der Waals surface area contributed by atoms with Gasteiger partial charge in [-0.3, -0.25) is 19.3 Å². The number of hydrogen-bond donors (Lipinski definition) is 2. The maximum Gasteiger partial charge on any atom is 0.264 e. The molecule has 3 amide bonds. The van der Waals surface area contributed by atoms with Crippen LogP contribution in [0.3, 0.4) is 0 Å². The molecule has 2 aromatic carbocycles. The first-order valence-corrected chi connectivity index (χ1v) is 11.3. The van der Waals surface area contributed by atoms with Gasteiger partial charge in [-0.1, -0.05) is 18.2 Å². The van der Waals surface area contributed by atoms with Gasteiger partial charge in [-0.15, -0.1) is 0 Å². The van der Waals surface area contributed by atoms with Crippen molar-refractivity contribution in [3.05, 3.63) is 71.3 Å². The number of imidazole rings is 1. The minimum atomic E-state index is -0.683. The second-order valence-corrected chi connectivity index (χ2v) is 8.26. The molecule has 5 rings (SSSR count). The van der Waals surface area contributed by atoms with Crippen LogP contribution in [0.15, 0.2) is 48.9 Å². The molecular formula is C25H25N5O5. The van der Waals surface area contributed by atoms with E-state index in [1.54, 1.807) is 58.7 Å². The van der Waals surface area contributed by atoms with Gasteiger partial charge in [-0.2, -0.15) is 0 Å². The summed E-state index contributed by atoms with van der Waals surface area (Å²) in [6.45, 7) is 0.594. The Balaban J connectivity index is 1.43. The van der Waals surface area contributed by atoms with Crippen molar-refractivity contribution in [3.63, 3.8) is 0 Å². The van der Waals surface area contributed by atoms with Gasteiger partial charge in [0.1, 0.15) is 6.17 Å². The molecule has 0 saturated carbocycles. The number of ether oxygens (including phenoxy) is 2. The number of fused-ring (bicyclic) bond motifs is 5. The number of aromatic nitrogens is 2. The molecule has 10 nitrogen and oxygen atoms in total. The first kappa shape index (κ1) is 22.5. The highest BCUT2D eigenvalue weighted by molar-refractivity contribution is 6.18. The van der Waals surface area contributed by atoms with Crippen molar-refractivity contribution in [1.82, 2.24) is 20.2 Å². The van der Waals surface area contributed by atoms with E-state index in [2.05, 4.69) is 15.3 Å². The van der Waals surface area contributed by atoms with Gasteiger partial charge in [-0.25, -0.2) is 4.98 Å². The Morgan fingerprint density at radius 2 is 1.94 bits per heavy atom. The SMILES string of the molecule is COc1ccc2c(c1OC)C(=O)N1c3ccccc3C(=O)N(CCC(=O)NCCc3cnc[nH]3)[C@H]21. The quantitative estimate of drug-likeness (QED) is 0.516.